The fourth-order valence-electron chi connectivity index (χ4n) is 1.61. The van der Waals surface area contributed by atoms with Crippen LogP contribution in [-0.4, -0.2) is 11.2 Å². The molecule has 0 saturated heterocycles. The van der Waals surface area contributed by atoms with E-state index in [1.165, 1.54) is 10.3 Å². The molecule has 0 spiro atoms. The van der Waals surface area contributed by atoms with Gasteiger partial charge in [-0.15, -0.1) is 23.1 Å². The Morgan fingerprint density at radius 3 is 3.00 bits per heavy atom. The Morgan fingerprint density at radius 2 is 2.33 bits per heavy atom. The molecule has 0 radical (unpaired) electrons. The number of thiazole rings is 1. The third-order valence-corrected chi connectivity index (χ3v) is 4.66. The van der Waals surface area contributed by atoms with Gasteiger partial charge in [-0.05, 0) is 41.9 Å². The number of allylic oxidation sites excluding steroid dienone is 2. The first-order valence-electron chi connectivity index (χ1n) is 5.63. The van der Waals surface area contributed by atoms with Crippen molar-refractivity contribution in [3.8, 4) is 0 Å². The van der Waals surface area contributed by atoms with Crippen molar-refractivity contribution in [1.82, 2.24) is 4.98 Å². The highest BCUT2D eigenvalue weighted by Crippen LogP contribution is 2.33. The molecular formula is C14H14BrNS2. The van der Waals surface area contributed by atoms with E-state index in [1.807, 2.05) is 0 Å². The number of rotatable bonds is 4. The summed E-state index contributed by atoms with van der Waals surface area (Å²) in [5.41, 5.74) is 3.35. The summed E-state index contributed by atoms with van der Waals surface area (Å²) < 4.78 is 2.28. The molecule has 1 nitrogen and oxygen atoms in total. The molecule has 2 aromatic rings. The van der Waals surface area contributed by atoms with Gasteiger partial charge in [0.2, 0.25) is 0 Å². The lowest BCUT2D eigenvalue weighted by molar-refractivity contribution is 1.16. The number of benzene rings is 1. The third-order valence-electron chi connectivity index (χ3n) is 2.62. The second-order valence-electron chi connectivity index (χ2n) is 3.86. The van der Waals surface area contributed by atoms with Gasteiger partial charge in [0.25, 0.3) is 0 Å². The number of aromatic nitrogens is 1. The molecule has 0 atom stereocenters. The maximum Gasteiger partial charge on any atom is 0.125 e. The zero-order chi connectivity index (χ0) is 13.1. The summed E-state index contributed by atoms with van der Waals surface area (Å²) in [6.45, 7) is 6.26. The van der Waals surface area contributed by atoms with Crippen LogP contribution in [0.5, 0.6) is 0 Å². The lowest BCUT2D eigenvalue weighted by Gasteiger charge is -2.04. The monoisotopic (exact) mass is 339 g/mol. The first-order chi connectivity index (χ1) is 8.65. The Morgan fingerprint density at radius 1 is 1.56 bits per heavy atom. The zero-order valence-corrected chi connectivity index (χ0v) is 13.6. The normalized spacial score (nSPS) is 12.1. The Kier molecular flexibility index (Phi) is 4.65. The summed E-state index contributed by atoms with van der Waals surface area (Å²) >= 11 is 6.90. The van der Waals surface area contributed by atoms with Crippen LogP contribution in [0.25, 0.3) is 15.8 Å². The van der Waals surface area contributed by atoms with E-state index in [-0.39, 0.29) is 0 Å². The summed E-state index contributed by atoms with van der Waals surface area (Å²) in [6.07, 6.45) is 3.01. The van der Waals surface area contributed by atoms with Gasteiger partial charge >= 0.3 is 0 Å². The van der Waals surface area contributed by atoms with Crippen LogP contribution in [0.15, 0.2) is 40.2 Å². The first-order valence-corrected chi connectivity index (χ1v) is 8.53. The maximum absolute atomic E-state index is 4.71. The number of hydrogen-bond acceptors (Lipinski definition) is 3. The van der Waals surface area contributed by atoms with E-state index in [4.69, 9.17) is 4.98 Å². The number of hydrogen-bond donors (Lipinski definition) is 0. The van der Waals surface area contributed by atoms with Gasteiger partial charge in [0, 0.05) is 10.0 Å². The summed E-state index contributed by atoms with van der Waals surface area (Å²) in [4.78, 5) is 4.71. The van der Waals surface area contributed by atoms with Crippen LogP contribution < -0.4 is 0 Å². The van der Waals surface area contributed by atoms with Gasteiger partial charge in [0.15, 0.2) is 0 Å². The molecule has 0 aliphatic rings. The molecular weight excluding hydrogens is 326 g/mol. The molecule has 0 N–H and O–H groups in total. The molecule has 2 rings (SSSR count). The predicted molar refractivity (Wildman–Crippen MR) is 88.2 cm³/mol. The van der Waals surface area contributed by atoms with Crippen molar-refractivity contribution in [2.24, 2.45) is 0 Å². The Hall–Kier alpha value is -0.580. The van der Waals surface area contributed by atoms with Gasteiger partial charge in [-0.2, -0.15) is 0 Å². The average molecular weight is 340 g/mol. The summed E-state index contributed by atoms with van der Waals surface area (Å²) in [7, 11) is 0. The van der Waals surface area contributed by atoms with E-state index >= 15 is 0 Å². The highest BCUT2D eigenvalue weighted by molar-refractivity contribution is 9.10. The number of fused-ring (bicyclic) bond motifs is 1. The molecule has 0 saturated carbocycles. The third kappa shape index (κ3) is 2.87. The van der Waals surface area contributed by atoms with E-state index < -0.39 is 0 Å². The summed E-state index contributed by atoms with van der Waals surface area (Å²) in [5, 5.41) is 3.20. The SMILES string of the molecule is C=C(CC)/C(=C\SC)c1nc2cc(Br)ccc2s1. The first kappa shape index (κ1) is 13.8. The second-order valence-corrected chi connectivity index (χ2v) is 6.51. The quantitative estimate of drug-likeness (QED) is 0.659. The van der Waals surface area contributed by atoms with Crippen LogP contribution in [0.4, 0.5) is 0 Å². The van der Waals surface area contributed by atoms with E-state index in [0.29, 0.717) is 0 Å². The van der Waals surface area contributed by atoms with E-state index in [2.05, 4.69) is 59.3 Å². The Labute approximate surface area is 124 Å². The molecule has 0 fully saturated rings. The highest BCUT2D eigenvalue weighted by Gasteiger charge is 2.11. The van der Waals surface area contributed by atoms with Crippen molar-refractivity contribution in [3.05, 3.63) is 45.2 Å². The molecule has 1 aromatic heterocycles. The van der Waals surface area contributed by atoms with Crippen LogP contribution >= 0.6 is 39.0 Å². The minimum atomic E-state index is 0.950. The van der Waals surface area contributed by atoms with Gasteiger partial charge in [-0.25, -0.2) is 4.98 Å². The molecule has 18 heavy (non-hydrogen) atoms. The van der Waals surface area contributed by atoms with Crippen LogP contribution in [0.1, 0.15) is 18.4 Å². The van der Waals surface area contributed by atoms with Gasteiger partial charge in [0.1, 0.15) is 5.01 Å². The largest absolute Gasteiger partial charge is 0.236 e. The van der Waals surface area contributed by atoms with Crippen molar-refractivity contribution in [3.63, 3.8) is 0 Å². The van der Waals surface area contributed by atoms with Crippen molar-refractivity contribution in [2.75, 3.05) is 6.26 Å². The minimum Gasteiger partial charge on any atom is -0.236 e. The summed E-state index contributed by atoms with van der Waals surface area (Å²) in [6, 6.07) is 6.21. The predicted octanol–water partition coefficient (Wildman–Crippen LogP) is 5.73. The molecule has 0 amide bonds. The van der Waals surface area contributed by atoms with Gasteiger partial charge in [-0.3, -0.25) is 0 Å². The van der Waals surface area contributed by atoms with Gasteiger partial charge in [0.05, 0.1) is 10.2 Å². The van der Waals surface area contributed by atoms with Gasteiger partial charge < -0.3 is 0 Å². The molecule has 1 heterocycles. The fourth-order valence-corrected chi connectivity index (χ4v) is 3.56. The Bertz CT molecular complexity index is 613. The standard InChI is InChI=1S/C14H14BrNS2/c1-4-9(2)11(8-17-3)14-16-12-7-10(15)5-6-13(12)18-14/h5-8H,2,4H2,1,3H3/b11-8+. The van der Waals surface area contributed by atoms with Crippen LogP contribution in [0, 0.1) is 0 Å². The zero-order valence-electron chi connectivity index (χ0n) is 10.4. The van der Waals surface area contributed by atoms with Crippen LogP contribution in [-0.2, 0) is 0 Å². The van der Waals surface area contributed by atoms with Crippen molar-refractivity contribution < 1.29 is 0 Å². The van der Waals surface area contributed by atoms with E-state index in [9.17, 15) is 0 Å². The number of nitrogens with zero attached hydrogens (tertiary/aromatic N) is 1. The van der Waals surface area contributed by atoms with Crippen LogP contribution in [0.2, 0.25) is 0 Å². The molecule has 4 heteroatoms. The van der Waals surface area contributed by atoms with Crippen molar-refractivity contribution in [2.45, 2.75) is 13.3 Å². The minimum absolute atomic E-state index is 0.950. The molecule has 0 bridgehead atoms. The molecule has 94 valence electrons. The summed E-state index contributed by atoms with van der Waals surface area (Å²) in [5.74, 6) is 0. The topological polar surface area (TPSA) is 12.9 Å². The Balaban J connectivity index is 2.51. The second kappa shape index (κ2) is 6.04. The lowest BCUT2D eigenvalue weighted by Crippen LogP contribution is -1.86. The van der Waals surface area contributed by atoms with Gasteiger partial charge in [-0.1, -0.05) is 29.4 Å². The molecule has 1 aromatic carbocycles. The number of thioether (sulfide) groups is 1. The van der Waals surface area contributed by atoms with E-state index in [0.717, 1.165) is 27.0 Å². The molecule has 0 aliphatic heterocycles. The van der Waals surface area contributed by atoms with E-state index in [1.54, 1.807) is 23.1 Å². The number of halogens is 1. The lowest BCUT2D eigenvalue weighted by atomic mass is 10.1. The fraction of sp³-hybridized carbons (Fsp3) is 0.214. The van der Waals surface area contributed by atoms with Crippen molar-refractivity contribution >= 4 is 54.8 Å². The van der Waals surface area contributed by atoms with Crippen molar-refractivity contribution in [1.29, 1.82) is 0 Å². The maximum atomic E-state index is 4.71. The highest BCUT2D eigenvalue weighted by atomic mass is 79.9. The average Bonchev–Trinajstić information content (AvgIpc) is 2.77. The smallest absolute Gasteiger partial charge is 0.125 e. The molecule has 0 aliphatic carbocycles. The molecule has 0 unspecified atom stereocenters. The van der Waals surface area contributed by atoms with Crippen LogP contribution in [0.3, 0.4) is 0 Å².